The fourth-order valence-electron chi connectivity index (χ4n) is 2.88. The predicted molar refractivity (Wildman–Crippen MR) is 85.5 cm³/mol. The van der Waals surface area contributed by atoms with Crippen LogP contribution >= 0.6 is 0 Å². The van der Waals surface area contributed by atoms with Crippen LogP contribution in [0.15, 0.2) is 53.4 Å². The highest BCUT2D eigenvalue weighted by atomic mass is 32.2. The van der Waals surface area contributed by atoms with Crippen molar-refractivity contribution < 1.29 is 18.3 Å². The van der Waals surface area contributed by atoms with Crippen LogP contribution in [0, 0.1) is 0 Å². The lowest BCUT2D eigenvalue weighted by Gasteiger charge is -2.28. The zero-order valence-corrected chi connectivity index (χ0v) is 13.3. The Morgan fingerprint density at radius 1 is 1.04 bits per heavy atom. The molecule has 6 heteroatoms. The van der Waals surface area contributed by atoms with E-state index in [4.69, 9.17) is 5.11 Å². The molecule has 0 aliphatic carbocycles. The summed E-state index contributed by atoms with van der Waals surface area (Å²) < 4.78 is 27.3. The molecule has 3 rings (SSSR count). The molecule has 0 amide bonds. The molecule has 120 valence electrons. The van der Waals surface area contributed by atoms with Crippen LogP contribution in [0.1, 0.15) is 16.7 Å². The lowest BCUT2D eigenvalue weighted by molar-refractivity contribution is -0.136. The Hall–Kier alpha value is -2.18. The van der Waals surface area contributed by atoms with Crippen molar-refractivity contribution in [2.45, 2.75) is 24.3 Å². The molecular weight excluding hydrogens is 314 g/mol. The van der Waals surface area contributed by atoms with Crippen molar-refractivity contribution in [3.63, 3.8) is 0 Å². The second kappa shape index (κ2) is 6.14. The topological polar surface area (TPSA) is 74.7 Å². The summed E-state index contributed by atoms with van der Waals surface area (Å²) in [6.07, 6.45) is 0.357. The second-order valence-electron chi connectivity index (χ2n) is 5.54. The maximum absolute atomic E-state index is 12.9. The third-order valence-corrected chi connectivity index (χ3v) is 5.97. The van der Waals surface area contributed by atoms with Crippen molar-refractivity contribution in [3.8, 4) is 0 Å². The molecule has 0 fully saturated rings. The van der Waals surface area contributed by atoms with Crippen LogP contribution in [0.2, 0.25) is 0 Å². The summed E-state index contributed by atoms with van der Waals surface area (Å²) in [5.74, 6) is -1.04. The Morgan fingerprint density at radius 2 is 1.70 bits per heavy atom. The van der Waals surface area contributed by atoms with Crippen LogP contribution in [0.3, 0.4) is 0 Å². The first kappa shape index (κ1) is 15.7. The number of rotatable bonds is 4. The highest BCUT2D eigenvalue weighted by Crippen LogP contribution is 2.26. The van der Waals surface area contributed by atoms with E-state index in [0.29, 0.717) is 25.1 Å². The van der Waals surface area contributed by atoms with Gasteiger partial charge < -0.3 is 5.11 Å². The average Bonchev–Trinajstić information content (AvgIpc) is 2.54. The number of aliphatic carboxylic acids is 1. The van der Waals surface area contributed by atoms with Gasteiger partial charge >= 0.3 is 5.97 Å². The quantitative estimate of drug-likeness (QED) is 0.930. The first-order chi connectivity index (χ1) is 11.0. The van der Waals surface area contributed by atoms with Gasteiger partial charge in [0.05, 0.1) is 11.3 Å². The molecule has 0 bridgehead atoms. The molecule has 0 unspecified atom stereocenters. The van der Waals surface area contributed by atoms with Gasteiger partial charge in [-0.3, -0.25) is 4.79 Å². The van der Waals surface area contributed by atoms with E-state index in [-0.39, 0.29) is 11.3 Å². The summed E-state index contributed by atoms with van der Waals surface area (Å²) in [5.41, 5.74) is 2.48. The van der Waals surface area contributed by atoms with Crippen molar-refractivity contribution in [2.75, 3.05) is 6.54 Å². The van der Waals surface area contributed by atoms with Crippen molar-refractivity contribution in [3.05, 3.63) is 65.2 Å². The van der Waals surface area contributed by atoms with Crippen molar-refractivity contribution >= 4 is 16.0 Å². The van der Waals surface area contributed by atoms with Gasteiger partial charge in [-0.05, 0) is 29.2 Å². The van der Waals surface area contributed by atoms with Gasteiger partial charge in [0.1, 0.15) is 0 Å². The summed E-state index contributed by atoms with van der Waals surface area (Å²) in [5, 5.41) is 8.99. The molecule has 0 spiro atoms. The molecule has 0 aromatic heterocycles. The molecular formula is C17H17NO4S. The fourth-order valence-corrected chi connectivity index (χ4v) is 4.52. The van der Waals surface area contributed by atoms with E-state index < -0.39 is 16.0 Å². The van der Waals surface area contributed by atoms with Crippen LogP contribution in [0.25, 0.3) is 0 Å². The van der Waals surface area contributed by atoms with E-state index in [0.717, 1.165) is 11.1 Å². The molecule has 0 radical (unpaired) electrons. The van der Waals surface area contributed by atoms with E-state index in [2.05, 4.69) is 0 Å². The molecule has 1 N–H and O–H groups in total. The van der Waals surface area contributed by atoms with E-state index in [9.17, 15) is 13.2 Å². The standard InChI is InChI=1S/C17H17NO4S/c19-17(20)11-14-6-3-4-8-16(14)23(21,22)18-10-9-13-5-1-2-7-15(13)12-18/h1-8H,9-12H2,(H,19,20). The van der Waals surface area contributed by atoms with Gasteiger partial charge in [-0.15, -0.1) is 0 Å². The Labute approximate surface area is 135 Å². The largest absolute Gasteiger partial charge is 0.481 e. The molecule has 0 saturated heterocycles. The van der Waals surface area contributed by atoms with Crippen LogP contribution < -0.4 is 0 Å². The maximum Gasteiger partial charge on any atom is 0.307 e. The van der Waals surface area contributed by atoms with Gasteiger partial charge in [0.25, 0.3) is 0 Å². The molecule has 2 aromatic carbocycles. The zero-order valence-electron chi connectivity index (χ0n) is 12.5. The molecule has 1 heterocycles. The highest BCUT2D eigenvalue weighted by Gasteiger charge is 2.30. The van der Waals surface area contributed by atoms with Crippen LogP contribution in [-0.4, -0.2) is 30.3 Å². The lowest BCUT2D eigenvalue weighted by Crippen LogP contribution is -2.36. The average molecular weight is 331 g/mol. The molecule has 1 aliphatic rings. The van der Waals surface area contributed by atoms with Gasteiger partial charge in [0.15, 0.2) is 0 Å². The monoisotopic (exact) mass is 331 g/mol. The Kier molecular flexibility index (Phi) is 4.19. The van der Waals surface area contributed by atoms with E-state index in [1.165, 1.54) is 10.4 Å². The Balaban J connectivity index is 1.96. The smallest absolute Gasteiger partial charge is 0.307 e. The minimum atomic E-state index is -3.71. The Bertz CT molecular complexity index is 845. The van der Waals surface area contributed by atoms with Gasteiger partial charge in [0, 0.05) is 13.1 Å². The molecule has 0 atom stereocenters. The number of sulfonamides is 1. The van der Waals surface area contributed by atoms with E-state index in [1.54, 1.807) is 18.2 Å². The number of hydrogen-bond donors (Lipinski definition) is 1. The number of hydrogen-bond acceptors (Lipinski definition) is 3. The second-order valence-corrected chi connectivity index (χ2v) is 7.44. The van der Waals surface area contributed by atoms with Gasteiger partial charge in [-0.2, -0.15) is 4.31 Å². The zero-order chi connectivity index (χ0) is 16.4. The number of fused-ring (bicyclic) bond motifs is 1. The fraction of sp³-hybridized carbons (Fsp3) is 0.235. The third kappa shape index (κ3) is 3.13. The first-order valence-corrected chi connectivity index (χ1v) is 8.79. The number of carboxylic acid groups (broad SMARTS) is 1. The number of carboxylic acids is 1. The molecule has 0 saturated carbocycles. The van der Waals surface area contributed by atoms with Gasteiger partial charge in [-0.25, -0.2) is 8.42 Å². The minimum Gasteiger partial charge on any atom is -0.481 e. The van der Waals surface area contributed by atoms with Crippen molar-refractivity contribution in [1.82, 2.24) is 4.31 Å². The lowest BCUT2D eigenvalue weighted by atomic mass is 10.0. The number of nitrogens with zero attached hydrogens (tertiary/aromatic N) is 1. The normalized spacial score (nSPS) is 15.1. The molecule has 1 aliphatic heterocycles. The number of benzene rings is 2. The summed E-state index contributed by atoms with van der Waals surface area (Å²) in [6, 6.07) is 14.1. The van der Waals surface area contributed by atoms with Gasteiger partial charge in [-0.1, -0.05) is 42.5 Å². The van der Waals surface area contributed by atoms with E-state index >= 15 is 0 Å². The molecule has 23 heavy (non-hydrogen) atoms. The summed E-state index contributed by atoms with van der Waals surface area (Å²) >= 11 is 0. The van der Waals surface area contributed by atoms with Crippen LogP contribution in [-0.2, 0) is 34.2 Å². The van der Waals surface area contributed by atoms with Crippen molar-refractivity contribution in [1.29, 1.82) is 0 Å². The highest BCUT2D eigenvalue weighted by molar-refractivity contribution is 7.89. The first-order valence-electron chi connectivity index (χ1n) is 7.35. The van der Waals surface area contributed by atoms with E-state index in [1.807, 2.05) is 24.3 Å². The summed E-state index contributed by atoms with van der Waals surface area (Å²) in [7, 11) is -3.71. The number of carbonyl (C=O) groups is 1. The third-order valence-electron chi connectivity index (χ3n) is 4.03. The molecule has 2 aromatic rings. The van der Waals surface area contributed by atoms with Crippen LogP contribution in [0.4, 0.5) is 0 Å². The maximum atomic E-state index is 12.9. The summed E-state index contributed by atoms with van der Waals surface area (Å²) in [6.45, 7) is 0.723. The van der Waals surface area contributed by atoms with Gasteiger partial charge in [0.2, 0.25) is 10.0 Å². The predicted octanol–water partition coefficient (Wildman–Crippen LogP) is 2.06. The SMILES string of the molecule is O=C(O)Cc1ccccc1S(=O)(=O)N1CCc2ccccc2C1. The van der Waals surface area contributed by atoms with Crippen LogP contribution in [0.5, 0.6) is 0 Å². The minimum absolute atomic E-state index is 0.0850. The molecule has 5 nitrogen and oxygen atoms in total. The summed E-state index contributed by atoms with van der Waals surface area (Å²) in [4.78, 5) is 11.1. The van der Waals surface area contributed by atoms with Crippen molar-refractivity contribution in [2.24, 2.45) is 0 Å². The Morgan fingerprint density at radius 3 is 2.43 bits per heavy atom.